The fraction of sp³-hybridized carbons (Fsp3) is 0.533. The number of hydrogen-bond acceptors (Lipinski definition) is 3. The van der Waals surface area contributed by atoms with Gasteiger partial charge < -0.3 is 10.1 Å². The standard InChI is InChI=1S/C15H23NO2/c1-10(2)14(15(17)18-5)16-9-13-7-6-11(3)8-12(13)4/h6-8,10,14,16H,9H2,1-5H3. The fourth-order valence-electron chi connectivity index (χ4n) is 1.98. The normalized spacial score (nSPS) is 12.6. The van der Waals surface area contributed by atoms with Gasteiger partial charge in [-0.15, -0.1) is 0 Å². The van der Waals surface area contributed by atoms with E-state index < -0.39 is 0 Å². The van der Waals surface area contributed by atoms with Crippen LogP contribution in [0.4, 0.5) is 0 Å². The third kappa shape index (κ3) is 3.84. The summed E-state index contributed by atoms with van der Waals surface area (Å²) in [7, 11) is 1.43. The van der Waals surface area contributed by atoms with Crippen molar-refractivity contribution in [3.8, 4) is 0 Å². The van der Waals surface area contributed by atoms with Gasteiger partial charge in [0.25, 0.3) is 0 Å². The lowest BCUT2D eigenvalue weighted by Crippen LogP contribution is -2.41. The molecule has 0 aromatic heterocycles. The molecule has 0 saturated carbocycles. The molecule has 0 heterocycles. The van der Waals surface area contributed by atoms with Gasteiger partial charge in [-0.1, -0.05) is 37.6 Å². The van der Waals surface area contributed by atoms with Gasteiger partial charge in [0.15, 0.2) is 0 Å². The van der Waals surface area contributed by atoms with Crippen LogP contribution in [0.3, 0.4) is 0 Å². The van der Waals surface area contributed by atoms with Crippen molar-refractivity contribution in [3.05, 3.63) is 34.9 Å². The first-order chi connectivity index (χ1) is 8.45. The van der Waals surface area contributed by atoms with Crippen molar-refractivity contribution >= 4 is 5.97 Å². The van der Waals surface area contributed by atoms with Crippen molar-refractivity contribution in [1.29, 1.82) is 0 Å². The van der Waals surface area contributed by atoms with Crippen LogP contribution in [-0.4, -0.2) is 19.1 Å². The minimum absolute atomic E-state index is 0.199. The Morgan fingerprint density at radius 1 is 1.33 bits per heavy atom. The zero-order valence-electron chi connectivity index (χ0n) is 11.9. The predicted molar refractivity (Wildman–Crippen MR) is 73.4 cm³/mol. The number of ether oxygens (including phenoxy) is 1. The largest absolute Gasteiger partial charge is 0.468 e. The van der Waals surface area contributed by atoms with Crippen molar-refractivity contribution in [2.45, 2.75) is 40.3 Å². The number of esters is 1. The first kappa shape index (κ1) is 14.7. The quantitative estimate of drug-likeness (QED) is 0.815. The predicted octanol–water partition coefficient (Wildman–Crippen LogP) is 2.59. The van der Waals surface area contributed by atoms with Crippen LogP contribution in [0.1, 0.15) is 30.5 Å². The van der Waals surface area contributed by atoms with Crippen LogP contribution in [0.25, 0.3) is 0 Å². The molecular weight excluding hydrogens is 226 g/mol. The summed E-state index contributed by atoms with van der Waals surface area (Å²) in [5.74, 6) is 0.0120. The molecule has 1 rings (SSSR count). The lowest BCUT2D eigenvalue weighted by molar-refractivity contribution is -0.144. The maximum Gasteiger partial charge on any atom is 0.323 e. The molecule has 0 fully saturated rings. The van der Waals surface area contributed by atoms with Crippen LogP contribution in [-0.2, 0) is 16.1 Å². The summed E-state index contributed by atoms with van der Waals surface area (Å²) in [4.78, 5) is 11.6. The zero-order chi connectivity index (χ0) is 13.7. The number of aryl methyl sites for hydroxylation is 2. The lowest BCUT2D eigenvalue weighted by atomic mass is 10.0. The Labute approximate surface area is 110 Å². The van der Waals surface area contributed by atoms with Crippen molar-refractivity contribution < 1.29 is 9.53 Å². The summed E-state index contributed by atoms with van der Waals surface area (Å²) in [5, 5.41) is 3.27. The van der Waals surface area contributed by atoms with Gasteiger partial charge in [0.05, 0.1) is 7.11 Å². The second kappa shape index (κ2) is 6.55. The van der Waals surface area contributed by atoms with Crippen molar-refractivity contribution in [1.82, 2.24) is 5.32 Å². The average molecular weight is 249 g/mol. The van der Waals surface area contributed by atoms with Crippen molar-refractivity contribution in [2.24, 2.45) is 5.92 Å². The molecular formula is C15H23NO2. The number of carbonyl (C=O) groups excluding carboxylic acids is 1. The highest BCUT2D eigenvalue weighted by atomic mass is 16.5. The molecule has 0 amide bonds. The minimum Gasteiger partial charge on any atom is -0.468 e. The maximum atomic E-state index is 11.6. The minimum atomic E-state index is -0.254. The average Bonchev–Trinajstić information content (AvgIpc) is 2.31. The lowest BCUT2D eigenvalue weighted by Gasteiger charge is -2.20. The summed E-state index contributed by atoms with van der Waals surface area (Å²) in [6.45, 7) is 8.87. The molecule has 100 valence electrons. The van der Waals surface area contributed by atoms with E-state index in [9.17, 15) is 4.79 Å². The smallest absolute Gasteiger partial charge is 0.323 e. The van der Waals surface area contributed by atoms with Gasteiger partial charge in [0, 0.05) is 6.54 Å². The summed E-state index contributed by atoms with van der Waals surface area (Å²) in [5.41, 5.74) is 3.72. The summed E-state index contributed by atoms with van der Waals surface area (Å²) in [6, 6.07) is 6.09. The van der Waals surface area contributed by atoms with Crippen LogP contribution in [0.2, 0.25) is 0 Å². The van der Waals surface area contributed by atoms with E-state index in [1.54, 1.807) is 0 Å². The molecule has 1 atom stereocenters. The number of benzene rings is 1. The second-order valence-corrected chi connectivity index (χ2v) is 5.06. The Hall–Kier alpha value is -1.35. The van der Waals surface area contributed by atoms with E-state index in [1.165, 1.54) is 23.8 Å². The first-order valence-corrected chi connectivity index (χ1v) is 6.33. The highest BCUT2D eigenvalue weighted by Crippen LogP contribution is 2.12. The zero-order valence-corrected chi connectivity index (χ0v) is 11.9. The third-order valence-electron chi connectivity index (χ3n) is 3.13. The van der Waals surface area contributed by atoms with Gasteiger partial charge >= 0.3 is 5.97 Å². The highest BCUT2D eigenvalue weighted by molar-refractivity contribution is 5.75. The van der Waals surface area contributed by atoms with E-state index in [4.69, 9.17) is 4.74 Å². The molecule has 0 spiro atoms. The summed E-state index contributed by atoms with van der Waals surface area (Å²) >= 11 is 0. The molecule has 0 aliphatic rings. The first-order valence-electron chi connectivity index (χ1n) is 6.33. The molecule has 0 bridgehead atoms. The van der Waals surface area contributed by atoms with Gasteiger partial charge in [-0.05, 0) is 30.9 Å². The molecule has 0 saturated heterocycles. The number of hydrogen-bond donors (Lipinski definition) is 1. The molecule has 1 aromatic rings. The van der Waals surface area contributed by atoms with E-state index in [-0.39, 0.29) is 17.9 Å². The Morgan fingerprint density at radius 3 is 2.50 bits per heavy atom. The Balaban J connectivity index is 2.70. The third-order valence-corrected chi connectivity index (χ3v) is 3.13. The van der Waals surface area contributed by atoms with Crippen LogP contribution in [0.5, 0.6) is 0 Å². The van der Waals surface area contributed by atoms with Gasteiger partial charge in [0.1, 0.15) is 6.04 Å². The van der Waals surface area contributed by atoms with E-state index >= 15 is 0 Å². The molecule has 3 heteroatoms. The van der Waals surface area contributed by atoms with Gasteiger partial charge in [0.2, 0.25) is 0 Å². The second-order valence-electron chi connectivity index (χ2n) is 5.06. The van der Waals surface area contributed by atoms with Crippen LogP contribution in [0, 0.1) is 19.8 Å². The molecule has 0 aliphatic heterocycles. The monoisotopic (exact) mass is 249 g/mol. The Bertz CT molecular complexity index is 413. The molecule has 1 N–H and O–H groups in total. The molecule has 0 aliphatic carbocycles. The molecule has 3 nitrogen and oxygen atoms in total. The van der Waals surface area contributed by atoms with Gasteiger partial charge in [-0.3, -0.25) is 4.79 Å². The summed E-state index contributed by atoms with van der Waals surface area (Å²) in [6.07, 6.45) is 0. The molecule has 0 radical (unpaired) electrons. The molecule has 1 unspecified atom stereocenters. The van der Waals surface area contributed by atoms with Gasteiger partial charge in [-0.2, -0.15) is 0 Å². The van der Waals surface area contributed by atoms with E-state index in [0.717, 1.165) is 0 Å². The SMILES string of the molecule is COC(=O)C(NCc1ccc(C)cc1C)C(C)C. The van der Waals surface area contributed by atoms with E-state index in [1.807, 2.05) is 13.8 Å². The fourth-order valence-corrected chi connectivity index (χ4v) is 1.98. The number of nitrogens with one attached hydrogen (secondary N) is 1. The summed E-state index contributed by atoms with van der Waals surface area (Å²) < 4.78 is 4.81. The molecule has 18 heavy (non-hydrogen) atoms. The topological polar surface area (TPSA) is 38.3 Å². The van der Waals surface area contributed by atoms with Crippen molar-refractivity contribution in [3.63, 3.8) is 0 Å². The van der Waals surface area contributed by atoms with E-state index in [0.29, 0.717) is 6.54 Å². The van der Waals surface area contributed by atoms with Crippen molar-refractivity contribution in [2.75, 3.05) is 7.11 Å². The number of rotatable bonds is 5. The van der Waals surface area contributed by atoms with Crippen LogP contribution in [0.15, 0.2) is 18.2 Å². The number of methoxy groups -OCH3 is 1. The number of carbonyl (C=O) groups is 1. The highest BCUT2D eigenvalue weighted by Gasteiger charge is 2.22. The van der Waals surface area contributed by atoms with Gasteiger partial charge in [-0.25, -0.2) is 0 Å². The molecule has 1 aromatic carbocycles. The maximum absolute atomic E-state index is 11.6. The Morgan fingerprint density at radius 2 is 2.00 bits per heavy atom. The Kier molecular flexibility index (Phi) is 5.35. The van der Waals surface area contributed by atoms with E-state index in [2.05, 4.69) is 37.4 Å². The van der Waals surface area contributed by atoms with Crippen LogP contribution < -0.4 is 5.32 Å². The van der Waals surface area contributed by atoms with Crippen LogP contribution >= 0.6 is 0 Å².